The lowest BCUT2D eigenvalue weighted by molar-refractivity contribution is 0.177. The summed E-state index contributed by atoms with van der Waals surface area (Å²) in [4.78, 5) is 11.2. The average molecular weight is 358 g/mol. The summed E-state index contributed by atoms with van der Waals surface area (Å²) in [6.07, 6.45) is 7.99. The van der Waals surface area contributed by atoms with E-state index in [0.717, 1.165) is 40.4 Å². The van der Waals surface area contributed by atoms with Crippen LogP contribution in [0.5, 0.6) is 0 Å². The highest BCUT2D eigenvalue weighted by atomic mass is 15.3. The van der Waals surface area contributed by atoms with Crippen molar-refractivity contribution in [1.29, 1.82) is 0 Å². The number of pyridine rings is 1. The van der Waals surface area contributed by atoms with Gasteiger partial charge in [-0.1, -0.05) is 12.1 Å². The summed E-state index contributed by atoms with van der Waals surface area (Å²) in [5.74, 6) is 0.689. The van der Waals surface area contributed by atoms with E-state index in [0.29, 0.717) is 18.0 Å². The molecule has 1 aliphatic carbocycles. The highest BCUT2D eigenvalue weighted by Gasteiger charge is 2.30. The van der Waals surface area contributed by atoms with E-state index < -0.39 is 0 Å². The molecule has 6 nitrogen and oxygen atoms in total. The zero-order valence-corrected chi connectivity index (χ0v) is 15.5. The summed E-state index contributed by atoms with van der Waals surface area (Å²) in [7, 11) is 4.27. The molecular formula is C21H22N6. The molecule has 0 aliphatic heterocycles. The third-order valence-corrected chi connectivity index (χ3v) is 5.51. The van der Waals surface area contributed by atoms with Gasteiger partial charge in [0.2, 0.25) is 5.95 Å². The fraction of sp³-hybridized carbons (Fsp3) is 0.286. The Morgan fingerprint density at radius 2 is 2.00 bits per heavy atom. The lowest BCUT2D eigenvalue weighted by Gasteiger charge is -2.39. The number of benzene rings is 1. The van der Waals surface area contributed by atoms with Gasteiger partial charge in [-0.25, -0.2) is 9.50 Å². The topological polar surface area (TPSA) is 58.3 Å². The number of anilines is 1. The number of hydrogen-bond donors (Lipinski definition) is 1. The summed E-state index contributed by atoms with van der Waals surface area (Å²) in [5, 5.41) is 9.23. The molecule has 0 spiro atoms. The van der Waals surface area contributed by atoms with Crippen LogP contribution in [0.3, 0.4) is 0 Å². The van der Waals surface area contributed by atoms with Gasteiger partial charge in [0, 0.05) is 35.4 Å². The summed E-state index contributed by atoms with van der Waals surface area (Å²) in [6, 6.07) is 13.6. The first-order chi connectivity index (χ1) is 13.2. The Labute approximate surface area is 157 Å². The summed E-state index contributed by atoms with van der Waals surface area (Å²) < 4.78 is 1.90. The minimum Gasteiger partial charge on any atom is -0.350 e. The molecule has 0 atom stereocenters. The molecule has 0 saturated heterocycles. The van der Waals surface area contributed by atoms with Crippen LogP contribution in [0, 0.1) is 0 Å². The number of nitrogens with zero attached hydrogens (tertiary/aromatic N) is 5. The van der Waals surface area contributed by atoms with Crippen molar-refractivity contribution >= 4 is 22.4 Å². The number of hydrogen-bond acceptors (Lipinski definition) is 5. The first kappa shape index (κ1) is 16.2. The molecule has 6 heteroatoms. The second-order valence-electron chi connectivity index (χ2n) is 7.48. The average Bonchev–Trinajstić information content (AvgIpc) is 3.07. The maximum atomic E-state index is 4.64. The van der Waals surface area contributed by atoms with Crippen LogP contribution >= 0.6 is 0 Å². The maximum absolute atomic E-state index is 4.64. The van der Waals surface area contributed by atoms with Crippen molar-refractivity contribution in [3.05, 3.63) is 55.0 Å². The summed E-state index contributed by atoms with van der Waals surface area (Å²) in [6.45, 7) is 0. The maximum Gasteiger partial charge on any atom is 0.241 e. The SMILES string of the molecule is CN(C)[C@H]1C[C@@H](Nc2ncc3c(-c4ccc5ncccc5c4)ccn3n2)C1. The predicted molar refractivity (Wildman–Crippen MR) is 108 cm³/mol. The van der Waals surface area contributed by atoms with Crippen molar-refractivity contribution < 1.29 is 0 Å². The number of nitrogens with one attached hydrogen (secondary N) is 1. The van der Waals surface area contributed by atoms with Gasteiger partial charge in [-0.05, 0) is 56.8 Å². The molecule has 1 aromatic carbocycles. The zero-order chi connectivity index (χ0) is 18.4. The molecule has 0 amide bonds. The van der Waals surface area contributed by atoms with Crippen molar-refractivity contribution in [3.63, 3.8) is 0 Å². The van der Waals surface area contributed by atoms with Gasteiger partial charge in [0.05, 0.1) is 17.2 Å². The highest BCUT2D eigenvalue weighted by molar-refractivity contribution is 5.88. The molecule has 1 fully saturated rings. The molecule has 3 aromatic heterocycles. The van der Waals surface area contributed by atoms with E-state index in [1.54, 1.807) is 0 Å². The molecule has 0 radical (unpaired) electrons. The van der Waals surface area contributed by atoms with E-state index >= 15 is 0 Å². The van der Waals surface area contributed by atoms with Crippen LogP contribution in [-0.2, 0) is 0 Å². The monoisotopic (exact) mass is 358 g/mol. The smallest absolute Gasteiger partial charge is 0.241 e. The van der Waals surface area contributed by atoms with Crippen LogP contribution in [0.25, 0.3) is 27.5 Å². The van der Waals surface area contributed by atoms with E-state index in [9.17, 15) is 0 Å². The standard InChI is InChI=1S/C21H22N6/c1-26(2)17-11-16(12-17)24-21-23-13-20-18(7-9-27(20)25-21)14-5-6-19-15(10-14)4-3-8-22-19/h3-10,13,16-17H,11-12H2,1-2H3,(H,24,25)/t16-,17+. The zero-order valence-electron chi connectivity index (χ0n) is 15.5. The number of fused-ring (bicyclic) bond motifs is 2. The molecule has 4 aromatic rings. The Morgan fingerprint density at radius 3 is 2.85 bits per heavy atom. The highest BCUT2D eigenvalue weighted by Crippen LogP contribution is 2.29. The minimum atomic E-state index is 0.456. The normalized spacial score (nSPS) is 19.5. The Morgan fingerprint density at radius 1 is 1.11 bits per heavy atom. The van der Waals surface area contributed by atoms with Crippen LogP contribution < -0.4 is 5.32 Å². The third-order valence-electron chi connectivity index (χ3n) is 5.51. The van der Waals surface area contributed by atoms with E-state index in [1.807, 2.05) is 29.2 Å². The van der Waals surface area contributed by atoms with Crippen molar-refractivity contribution in [3.8, 4) is 11.1 Å². The molecule has 1 N–H and O–H groups in total. The molecule has 136 valence electrons. The fourth-order valence-corrected chi connectivity index (χ4v) is 3.76. The van der Waals surface area contributed by atoms with E-state index in [1.165, 1.54) is 0 Å². The van der Waals surface area contributed by atoms with Gasteiger partial charge < -0.3 is 10.2 Å². The Balaban J connectivity index is 1.41. The van der Waals surface area contributed by atoms with E-state index in [2.05, 4.69) is 69.7 Å². The van der Waals surface area contributed by atoms with Crippen LogP contribution in [0.15, 0.2) is 55.0 Å². The lowest BCUT2D eigenvalue weighted by Crippen LogP contribution is -2.47. The van der Waals surface area contributed by atoms with Gasteiger partial charge in [0.15, 0.2) is 0 Å². The largest absolute Gasteiger partial charge is 0.350 e. The Hall–Kier alpha value is -2.99. The van der Waals surface area contributed by atoms with Gasteiger partial charge in [0.1, 0.15) is 0 Å². The fourth-order valence-electron chi connectivity index (χ4n) is 3.76. The molecule has 1 aliphatic rings. The first-order valence-corrected chi connectivity index (χ1v) is 9.30. The van der Waals surface area contributed by atoms with Crippen LogP contribution in [-0.4, -0.2) is 50.7 Å². The van der Waals surface area contributed by atoms with Gasteiger partial charge in [-0.3, -0.25) is 4.98 Å². The van der Waals surface area contributed by atoms with Crippen molar-refractivity contribution in [2.24, 2.45) is 0 Å². The van der Waals surface area contributed by atoms with Gasteiger partial charge in [-0.15, -0.1) is 5.10 Å². The van der Waals surface area contributed by atoms with Gasteiger partial charge in [-0.2, -0.15) is 0 Å². The van der Waals surface area contributed by atoms with E-state index in [4.69, 9.17) is 0 Å². The lowest BCUT2D eigenvalue weighted by atomic mass is 9.86. The van der Waals surface area contributed by atoms with Crippen LogP contribution in [0.1, 0.15) is 12.8 Å². The molecule has 0 bridgehead atoms. The van der Waals surface area contributed by atoms with Gasteiger partial charge >= 0.3 is 0 Å². The molecule has 3 heterocycles. The summed E-state index contributed by atoms with van der Waals surface area (Å²) >= 11 is 0. The quantitative estimate of drug-likeness (QED) is 0.605. The number of rotatable bonds is 4. The molecule has 1 saturated carbocycles. The second kappa shape index (κ2) is 6.32. The minimum absolute atomic E-state index is 0.456. The Kier molecular flexibility index (Phi) is 3.79. The Bertz CT molecular complexity index is 1110. The van der Waals surface area contributed by atoms with Crippen molar-refractivity contribution in [2.75, 3.05) is 19.4 Å². The third kappa shape index (κ3) is 2.92. The number of aromatic nitrogens is 4. The predicted octanol–water partition coefficient (Wildman–Crippen LogP) is 3.45. The van der Waals surface area contributed by atoms with Crippen molar-refractivity contribution in [1.82, 2.24) is 24.5 Å². The van der Waals surface area contributed by atoms with Gasteiger partial charge in [0.25, 0.3) is 0 Å². The first-order valence-electron chi connectivity index (χ1n) is 9.30. The second-order valence-corrected chi connectivity index (χ2v) is 7.48. The molecule has 0 unspecified atom stereocenters. The molecular weight excluding hydrogens is 336 g/mol. The van der Waals surface area contributed by atoms with Crippen LogP contribution in [0.2, 0.25) is 0 Å². The van der Waals surface area contributed by atoms with Crippen molar-refractivity contribution in [2.45, 2.75) is 24.9 Å². The van der Waals surface area contributed by atoms with Crippen LogP contribution in [0.4, 0.5) is 5.95 Å². The molecule has 5 rings (SSSR count). The van der Waals surface area contributed by atoms with E-state index in [-0.39, 0.29) is 0 Å². The molecule has 27 heavy (non-hydrogen) atoms. The summed E-state index contributed by atoms with van der Waals surface area (Å²) in [5.41, 5.74) is 4.28.